The second-order valence-corrected chi connectivity index (χ2v) is 7.89. The molecule has 0 spiro atoms. The molecule has 1 atom stereocenters. The second kappa shape index (κ2) is 9.35. The van der Waals surface area contributed by atoms with Gasteiger partial charge in [0.05, 0.1) is 36.8 Å². The van der Waals surface area contributed by atoms with Gasteiger partial charge >= 0.3 is 5.76 Å². The third-order valence-electron chi connectivity index (χ3n) is 6.01. The molecule has 0 aliphatic carbocycles. The van der Waals surface area contributed by atoms with E-state index in [2.05, 4.69) is 0 Å². The maximum absolute atomic E-state index is 13.0. The van der Waals surface area contributed by atoms with Gasteiger partial charge < -0.3 is 18.8 Å². The van der Waals surface area contributed by atoms with Crippen LogP contribution < -0.4 is 15.2 Å². The second-order valence-electron chi connectivity index (χ2n) is 7.89. The predicted octanol–water partition coefficient (Wildman–Crippen LogP) is 3.66. The monoisotopic (exact) mass is 455 g/mol. The SMILES string of the molecule is COc1ccc(C2CCCN2C(=O)CCCn2c(=O)oc3cc([N+](=O)[O-])ccc32)c(OC)c1. The fourth-order valence-electron chi connectivity index (χ4n) is 4.39. The number of non-ortho nitro benzene ring substituents is 1. The number of oxazole rings is 1. The van der Waals surface area contributed by atoms with Crippen molar-refractivity contribution in [1.82, 2.24) is 9.47 Å². The Bertz CT molecular complexity index is 1250. The molecule has 33 heavy (non-hydrogen) atoms. The van der Waals surface area contributed by atoms with Crippen molar-refractivity contribution in [3.05, 3.63) is 62.6 Å². The first-order valence-corrected chi connectivity index (χ1v) is 10.7. The molecule has 0 radical (unpaired) electrons. The number of nitro benzene ring substituents is 1. The number of fused-ring (bicyclic) bond motifs is 1. The van der Waals surface area contributed by atoms with Gasteiger partial charge in [0, 0.05) is 37.2 Å². The molecular weight excluding hydrogens is 430 g/mol. The van der Waals surface area contributed by atoms with Crippen molar-refractivity contribution in [2.45, 2.75) is 38.3 Å². The molecule has 4 rings (SSSR count). The van der Waals surface area contributed by atoms with Gasteiger partial charge in [-0.1, -0.05) is 0 Å². The van der Waals surface area contributed by atoms with Crippen molar-refractivity contribution >= 4 is 22.7 Å². The number of hydrogen-bond acceptors (Lipinski definition) is 7. The molecule has 1 amide bonds. The number of nitro groups is 1. The zero-order valence-corrected chi connectivity index (χ0v) is 18.5. The molecule has 1 saturated heterocycles. The van der Waals surface area contributed by atoms with Gasteiger partial charge in [-0.15, -0.1) is 0 Å². The fraction of sp³-hybridized carbons (Fsp3) is 0.391. The van der Waals surface area contributed by atoms with E-state index in [1.807, 2.05) is 23.1 Å². The molecule has 174 valence electrons. The molecule has 1 aliphatic rings. The molecule has 1 unspecified atom stereocenters. The molecule has 1 aromatic heterocycles. The summed E-state index contributed by atoms with van der Waals surface area (Å²) in [6, 6.07) is 9.59. The normalized spacial score (nSPS) is 15.7. The number of carbonyl (C=O) groups excluding carboxylic acids is 1. The minimum absolute atomic E-state index is 0.00635. The lowest BCUT2D eigenvalue weighted by atomic mass is 10.0. The van der Waals surface area contributed by atoms with Gasteiger partial charge in [0.15, 0.2) is 5.58 Å². The quantitative estimate of drug-likeness (QED) is 0.376. The van der Waals surface area contributed by atoms with Crippen LogP contribution in [-0.2, 0) is 11.3 Å². The number of carbonyl (C=O) groups is 1. The summed E-state index contributed by atoms with van der Waals surface area (Å²) in [5.74, 6) is 0.783. The van der Waals surface area contributed by atoms with E-state index in [1.165, 1.54) is 22.8 Å². The van der Waals surface area contributed by atoms with Crippen LogP contribution in [0.25, 0.3) is 11.1 Å². The van der Waals surface area contributed by atoms with Gasteiger partial charge in [0.1, 0.15) is 11.5 Å². The lowest BCUT2D eigenvalue weighted by Gasteiger charge is -2.26. The van der Waals surface area contributed by atoms with Crippen molar-refractivity contribution < 1.29 is 23.6 Å². The Morgan fingerprint density at radius 3 is 2.76 bits per heavy atom. The van der Waals surface area contributed by atoms with E-state index < -0.39 is 10.7 Å². The lowest BCUT2D eigenvalue weighted by Crippen LogP contribution is -2.31. The van der Waals surface area contributed by atoms with E-state index in [4.69, 9.17) is 13.9 Å². The summed E-state index contributed by atoms with van der Waals surface area (Å²) in [5, 5.41) is 10.9. The Morgan fingerprint density at radius 2 is 2.03 bits per heavy atom. The number of benzene rings is 2. The molecule has 3 aromatic rings. The van der Waals surface area contributed by atoms with E-state index in [9.17, 15) is 19.7 Å². The molecular formula is C23H25N3O7. The third-order valence-corrected chi connectivity index (χ3v) is 6.01. The molecule has 0 bridgehead atoms. The summed E-state index contributed by atoms with van der Waals surface area (Å²) < 4.78 is 17.3. The minimum Gasteiger partial charge on any atom is -0.497 e. The van der Waals surface area contributed by atoms with E-state index in [-0.39, 0.29) is 36.2 Å². The molecule has 2 aromatic carbocycles. The number of rotatable bonds is 8. The van der Waals surface area contributed by atoms with Crippen LogP contribution >= 0.6 is 0 Å². The highest BCUT2D eigenvalue weighted by atomic mass is 16.6. The molecule has 1 aliphatic heterocycles. The Balaban J connectivity index is 1.44. The predicted molar refractivity (Wildman–Crippen MR) is 120 cm³/mol. The van der Waals surface area contributed by atoms with Crippen molar-refractivity contribution in [2.24, 2.45) is 0 Å². The van der Waals surface area contributed by atoms with Crippen LogP contribution in [0.1, 0.15) is 37.3 Å². The van der Waals surface area contributed by atoms with E-state index in [1.54, 1.807) is 14.2 Å². The third kappa shape index (κ3) is 4.41. The minimum atomic E-state index is -0.597. The largest absolute Gasteiger partial charge is 0.497 e. The van der Waals surface area contributed by atoms with Gasteiger partial charge in [-0.05, 0) is 37.5 Å². The van der Waals surface area contributed by atoms with E-state index >= 15 is 0 Å². The van der Waals surface area contributed by atoms with Crippen molar-refractivity contribution in [2.75, 3.05) is 20.8 Å². The van der Waals surface area contributed by atoms with Crippen LogP contribution in [0.5, 0.6) is 11.5 Å². The number of likely N-dealkylation sites (tertiary alicyclic amines) is 1. The van der Waals surface area contributed by atoms with Crippen LogP contribution in [0.3, 0.4) is 0 Å². The maximum atomic E-state index is 13.0. The molecule has 1 fully saturated rings. The zero-order valence-electron chi connectivity index (χ0n) is 18.5. The first kappa shape index (κ1) is 22.4. The Kier molecular flexibility index (Phi) is 6.34. The maximum Gasteiger partial charge on any atom is 0.419 e. The highest BCUT2D eigenvalue weighted by Crippen LogP contribution is 2.39. The van der Waals surface area contributed by atoms with E-state index in [0.717, 1.165) is 18.4 Å². The number of aryl methyl sites for hydroxylation is 1. The average molecular weight is 455 g/mol. The van der Waals surface area contributed by atoms with Crippen LogP contribution in [0.2, 0.25) is 0 Å². The van der Waals surface area contributed by atoms with Crippen LogP contribution in [-0.4, -0.2) is 41.1 Å². The molecule has 10 heteroatoms. The highest BCUT2D eigenvalue weighted by Gasteiger charge is 2.31. The zero-order chi connectivity index (χ0) is 23.5. The molecule has 2 heterocycles. The number of amides is 1. The topological polar surface area (TPSA) is 117 Å². The summed E-state index contributed by atoms with van der Waals surface area (Å²) in [6.07, 6.45) is 2.45. The smallest absolute Gasteiger partial charge is 0.419 e. The first-order chi connectivity index (χ1) is 15.9. The fourth-order valence-corrected chi connectivity index (χ4v) is 4.39. The highest BCUT2D eigenvalue weighted by molar-refractivity contribution is 5.77. The molecule has 0 saturated carbocycles. The van der Waals surface area contributed by atoms with Gasteiger partial charge in [-0.3, -0.25) is 19.5 Å². The average Bonchev–Trinajstić information content (AvgIpc) is 3.42. The van der Waals surface area contributed by atoms with Gasteiger partial charge in [-0.25, -0.2) is 4.79 Å². The van der Waals surface area contributed by atoms with Crippen LogP contribution in [0, 0.1) is 10.1 Å². The van der Waals surface area contributed by atoms with Crippen LogP contribution in [0.15, 0.2) is 45.6 Å². The summed E-state index contributed by atoms with van der Waals surface area (Å²) in [6.45, 7) is 0.941. The number of methoxy groups -OCH3 is 2. The standard InChI is InChI=1S/C23H25N3O7/c1-31-16-8-9-17(20(14-16)32-2)18-5-3-11-24(18)22(27)6-4-12-25-19-10-7-15(26(29)30)13-21(19)33-23(25)28/h7-10,13-14,18H,3-6,11-12H2,1-2H3. The van der Waals surface area contributed by atoms with Crippen molar-refractivity contribution in [3.8, 4) is 11.5 Å². The molecule has 0 N–H and O–H groups in total. The number of aromatic nitrogens is 1. The number of ether oxygens (including phenoxy) is 2. The van der Waals surface area contributed by atoms with Crippen LogP contribution in [0.4, 0.5) is 5.69 Å². The number of nitrogens with zero attached hydrogens (tertiary/aromatic N) is 3. The Morgan fingerprint density at radius 1 is 1.21 bits per heavy atom. The number of hydrogen-bond donors (Lipinski definition) is 0. The van der Waals surface area contributed by atoms with Crippen molar-refractivity contribution in [3.63, 3.8) is 0 Å². The van der Waals surface area contributed by atoms with Crippen molar-refractivity contribution in [1.29, 1.82) is 0 Å². The van der Waals surface area contributed by atoms with Gasteiger partial charge in [0.25, 0.3) is 5.69 Å². The summed E-state index contributed by atoms with van der Waals surface area (Å²) in [5.41, 5.74) is 1.43. The van der Waals surface area contributed by atoms with Gasteiger partial charge in [-0.2, -0.15) is 0 Å². The summed E-state index contributed by atoms with van der Waals surface area (Å²) >= 11 is 0. The Hall–Kier alpha value is -3.82. The first-order valence-electron chi connectivity index (χ1n) is 10.7. The summed E-state index contributed by atoms with van der Waals surface area (Å²) in [7, 11) is 3.19. The molecule has 10 nitrogen and oxygen atoms in total. The van der Waals surface area contributed by atoms with E-state index in [0.29, 0.717) is 30.0 Å². The summed E-state index contributed by atoms with van der Waals surface area (Å²) in [4.78, 5) is 37.5. The van der Waals surface area contributed by atoms with Gasteiger partial charge in [0.2, 0.25) is 5.91 Å². The Labute approximate surface area is 189 Å². The lowest BCUT2D eigenvalue weighted by molar-refractivity contribution is -0.384.